The first-order valence-electron chi connectivity index (χ1n) is 4.90. The molecule has 0 amide bonds. The molecule has 0 bridgehead atoms. The second-order valence-corrected chi connectivity index (χ2v) is 3.68. The third-order valence-electron chi connectivity index (χ3n) is 2.26. The van der Waals surface area contributed by atoms with E-state index in [1.54, 1.807) is 6.92 Å². The molecule has 0 heterocycles. The molecule has 0 fully saturated rings. The molecular weight excluding hydrogens is 197 g/mol. The summed E-state index contributed by atoms with van der Waals surface area (Å²) in [5, 5.41) is 21.4. The molecule has 0 aliphatic rings. The Labute approximate surface area is 88.6 Å². The molecule has 2 atom stereocenters. The fourth-order valence-corrected chi connectivity index (χ4v) is 1.44. The van der Waals surface area contributed by atoms with Crippen LogP contribution in [0.3, 0.4) is 0 Å². The van der Waals surface area contributed by atoms with Crippen molar-refractivity contribution in [1.82, 2.24) is 5.32 Å². The number of phenols is 1. The van der Waals surface area contributed by atoms with Crippen LogP contribution in [0.1, 0.15) is 25.5 Å². The van der Waals surface area contributed by atoms with Crippen LogP contribution in [0.2, 0.25) is 0 Å². The maximum atomic E-state index is 12.9. The molecule has 0 aromatic heterocycles. The molecule has 0 unspecified atom stereocenters. The first-order chi connectivity index (χ1) is 7.04. The van der Waals surface area contributed by atoms with Crippen molar-refractivity contribution in [2.75, 3.05) is 6.61 Å². The van der Waals surface area contributed by atoms with Gasteiger partial charge in [-0.05, 0) is 32.0 Å². The summed E-state index contributed by atoms with van der Waals surface area (Å²) in [4.78, 5) is 0. The third-order valence-corrected chi connectivity index (χ3v) is 2.26. The summed E-state index contributed by atoms with van der Waals surface area (Å²) in [7, 11) is 0. The lowest BCUT2D eigenvalue weighted by Crippen LogP contribution is -2.31. The highest BCUT2D eigenvalue weighted by Gasteiger charge is 2.13. The van der Waals surface area contributed by atoms with Crippen LogP contribution in [-0.4, -0.2) is 22.9 Å². The molecule has 1 aromatic carbocycles. The predicted octanol–water partition coefficient (Wildman–Crippen LogP) is 1.56. The molecule has 3 nitrogen and oxygen atoms in total. The Morgan fingerprint density at radius 1 is 1.40 bits per heavy atom. The van der Waals surface area contributed by atoms with Gasteiger partial charge < -0.3 is 15.5 Å². The van der Waals surface area contributed by atoms with Crippen molar-refractivity contribution in [2.45, 2.75) is 25.9 Å². The van der Waals surface area contributed by atoms with E-state index in [4.69, 9.17) is 5.11 Å². The van der Waals surface area contributed by atoms with Gasteiger partial charge in [-0.1, -0.05) is 0 Å². The maximum Gasteiger partial charge on any atom is 0.123 e. The normalized spacial score (nSPS) is 14.9. The molecule has 15 heavy (non-hydrogen) atoms. The molecule has 0 radical (unpaired) electrons. The van der Waals surface area contributed by atoms with Crippen LogP contribution in [-0.2, 0) is 0 Å². The quantitative estimate of drug-likeness (QED) is 0.711. The highest BCUT2D eigenvalue weighted by Crippen LogP contribution is 2.24. The van der Waals surface area contributed by atoms with E-state index >= 15 is 0 Å². The Balaban J connectivity index is 2.80. The van der Waals surface area contributed by atoms with E-state index in [1.165, 1.54) is 18.2 Å². The lowest BCUT2D eigenvalue weighted by Gasteiger charge is -2.19. The van der Waals surface area contributed by atoms with E-state index in [0.29, 0.717) is 5.56 Å². The van der Waals surface area contributed by atoms with Crippen LogP contribution in [0, 0.1) is 5.82 Å². The number of aliphatic hydroxyl groups excluding tert-OH is 1. The monoisotopic (exact) mass is 213 g/mol. The number of benzene rings is 1. The van der Waals surface area contributed by atoms with Gasteiger partial charge in [-0.3, -0.25) is 0 Å². The van der Waals surface area contributed by atoms with Crippen LogP contribution >= 0.6 is 0 Å². The van der Waals surface area contributed by atoms with Gasteiger partial charge in [0.2, 0.25) is 0 Å². The van der Waals surface area contributed by atoms with E-state index in [-0.39, 0.29) is 30.3 Å². The number of rotatable bonds is 4. The number of nitrogens with one attached hydrogen (secondary N) is 1. The lowest BCUT2D eigenvalue weighted by molar-refractivity contribution is 0.242. The molecule has 1 rings (SSSR count). The van der Waals surface area contributed by atoms with Gasteiger partial charge in [-0.2, -0.15) is 0 Å². The van der Waals surface area contributed by atoms with Gasteiger partial charge in [0.05, 0.1) is 6.61 Å². The third kappa shape index (κ3) is 3.18. The minimum absolute atomic E-state index is 0.000414. The smallest absolute Gasteiger partial charge is 0.123 e. The number of halogens is 1. The minimum atomic E-state index is -0.381. The Morgan fingerprint density at radius 3 is 2.67 bits per heavy atom. The summed E-state index contributed by atoms with van der Waals surface area (Å²) >= 11 is 0. The second kappa shape index (κ2) is 5.09. The summed E-state index contributed by atoms with van der Waals surface area (Å²) in [6.07, 6.45) is 0. The largest absolute Gasteiger partial charge is 0.508 e. The molecule has 0 saturated carbocycles. The van der Waals surface area contributed by atoms with Gasteiger partial charge in [-0.25, -0.2) is 4.39 Å². The fraction of sp³-hybridized carbons (Fsp3) is 0.455. The number of hydrogen-bond donors (Lipinski definition) is 3. The van der Waals surface area contributed by atoms with Gasteiger partial charge >= 0.3 is 0 Å². The van der Waals surface area contributed by atoms with Gasteiger partial charge in [0.15, 0.2) is 0 Å². The molecule has 1 aromatic rings. The molecule has 0 spiro atoms. The van der Waals surface area contributed by atoms with Crippen molar-refractivity contribution in [3.63, 3.8) is 0 Å². The lowest BCUT2D eigenvalue weighted by atomic mass is 10.1. The molecule has 0 aliphatic carbocycles. The summed E-state index contributed by atoms with van der Waals surface area (Å²) in [5.41, 5.74) is 0.496. The topological polar surface area (TPSA) is 52.5 Å². The zero-order chi connectivity index (χ0) is 11.4. The van der Waals surface area contributed by atoms with Crippen LogP contribution in [0.4, 0.5) is 4.39 Å². The summed E-state index contributed by atoms with van der Waals surface area (Å²) in [6, 6.07) is 3.52. The van der Waals surface area contributed by atoms with Crippen molar-refractivity contribution in [3.8, 4) is 5.75 Å². The Bertz CT molecular complexity index is 330. The molecule has 0 aliphatic heterocycles. The highest BCUT2D eigenvalue weighted by molar-refractivity contribution is 5.34. The van der Waals surface area contributed by atoms with Crippen LogP contribution < -0.4 is 5.32 Å². The molecule has 4 heteroatoms. The van der Waals surface area contributed by atoms with Crippen molar-refractivity contribution in [2.24, 2.45) is 0 Å². The van der Waals surface area contributed by atoms with E-state index < -0.39 is 0 Å². The SMILES string of the molecule is C[C@H](CO)N[C@H](C)c1cc(F)ccc1O. The summed E-state index contributed by atoms with van der Waals surface area (Å²) in [5.74, 6) is -0.324. The van der Waals surface area contributed by atoms with E-state index in [0.717, 1.165) is 0 Å². The van der Waals surface area contributed by atoms with Gasteiger partial charge in [0.1, 0.15) is 11.6 Å². The number of hydrogen-bond acceptors (Lipinski definition) is 3. The fourth-order valence-electron chi connectivity index (χ4n) is 1.44. The number of phenolic OH excluding ortho intramolecular Hbond substituents is 1. The van der Waals surface area contributed by atoms with Crippen LogP contribution in [0.5, 0.6) is 5.75 Å². The van der Waals surface area contributed by atoms with Crippen molar-refractivity contribution in [3.05, 3.63) is 29.6 Å². The zero-order valence-corrected chi connectivity index (χ0v) is 8.87. The van der Waals surface area contributed by atoms with E-state index in [2.05, 4.69) is 5.32 Å². The van der Waals surface area contributed by atoms with Crippen molar-refractivity contribution in [1.29, 1.82) is 0 Å². The molecule has 84 valence electrons. The number of aliphatic hydroxyl groups is 1. The highest BCUT2D eigenvalue weighted by atomic mass is 19.1. The zero-order valence-electron chi connectivity index (χ0n) is 8.87. The summed E-state index contributed by atoms with van der Waals surface area (Å²) < 4.78 is 12.9. The molecular formula is C11H16FNO2. The Morgan fingerprint density at radius 2 is 2.07 bits per heavy atom. The van der Waals surface area contributed by atoms with Gasteiger partial charge in [0.25, 0.3) is 0 Å². The average molecular weight is 213 g/mol. The molecule has 3 N–H and O–H groups in total. The average Bonchev–Trinajstić information content (AvgIpc) is 2.21. The van der Waals surface area contributed by atoms with Crippen molar-refractivity contribution < 1.29 is 14.6 Å². The summed E-state index contributed by atoms with van der Waals surface area (Å²) in [6.45, 7) is 3.62. The van der Waals surface area contributed by atoms with Crippen LogP contribution in [0.15, 0.2) is 18.2 Å². The Kier molecular flexibility index (Phi) is 4.05. The van der Waals surface area contributed by atoms with Gasteiger partial charge in [-0.15, -0.1) is 0 Å². The standard InChI is InChI=1S/C11H16FNO2/c1-7(6-14)13-8(2)10-5-9(12)3-4-11(10)15/h3-5,7-8,13-15H,6H2,1-2H3/t7-,8-/m1/s1. The minimum Gasteiger partial charge on any atom is -0.508 e. The molecule has 0 saturated heterocycles. The van der Waals surface area contributed by atoms with E-state index in [9.17, 15) is 9.50 Å². The van der Waals surface area contributed by atoms with Gasteiger partial charge in [0, 0.05) is 17.6 Å². The first kappa shape index (κ1) is 11.9. The predicted molar refractivity (Wildman–Crippen MR) is 56.2 cm³/mol. The van der Waals surface area contributed by atoms with Crippen LogP contribution in [0.25, 0.3) is 0 Å². The number of aromatic hydroxyl groups is 1. The maximum absolute atomic E-state index is 12.9. The Hall–Kier alpha value is -1.13. The first-order valence-corrected chi connectivity index (χ1v) is 4.90. The van der Waals surface area contributed by atoms with Crippen molar-refractivity contribution >= 4 is 0 Å². The van der Waals surface area contributed by atoms with E-state index in [1.807, 2.05) is 6.92 Å². The second-order valence-electron chi connectivity index (χ2n) is 3.68.